The highest BCUT2D eigenvalue weighted by Gasteiger charge is 2.31. The lowest BCUT2D eigenvalue weighted by atomic mass is 9.88. The molecule has 0 aromatic rings. The Morgan fingerprint density at radius 2 is 0.279 bits per heavy atom. The third-order valence-corrected chi connectivity index (χ3v) is 12.0. The van der Waals surface area contributed by atoms with Crippen molar-refractivity contribution in [3.05, 3.63) is 0 Å². The summed E-state index contributed by atoms with van der Waals surface area (Å²) in [5, 5.41) is 0. The average Bonchev–Trinajstić information content (AvgIpc) is 3.02. The van der Waals surface area contributed by atoms with Gasteiger partial charge in [-0.05, 0) is 38.5 Å². The molecule has 0 bridgehead atoms. The summed E-state index contributed by atoms with van der Waals surface area (Å²) in [5.41, 5.74) is 0. The van der Waals surface area contributed by atoms with Crippen LogP contribution in [0.15, 0.2) is 0 Å². The van der Waals surface area contributed by atoms with Gasteiger partial charge in [-0.1, -0.05) is 212 Å². The van der Waals surface area contributed by atoms with Gasteiger partial charge in [0.2, 0.25) is 0 Å². The monoisotopic (exact) mass is 600 g/mol. The van der Waals surface area contributed by atoms with Crippen LogP contribution in [0, 0.1) is 0 Å². The minimum Gasteiger partial charge on any atom is -0.294 e. The van der Waals surface area contributed by atoms with E-state index < -0.39 is 0 Å². The Kier molecular flexibility index (Phi) is 23.6. The van der Waals surface area contributed by atoms with E-state index >= 15 is 0 Å². The molecule has 1 nitrogen and oxygen atoms in total. The van der Waals surface area contributed by atoms with Crippen molar-refractivity contribution in [1.82, 2.24) is 4.90 Å². The molecule has 254 valence electrons. The molecule has 0 heterocycles. The van der Waals surface area contributed by atoms with E-state index in [4.69, 9.17) is 0 Å². The van der Waals surface area contributed by atoms with Crippen molar-refractivity contribution in [3.8, 4) is 0 Å². The van der Waals surface area contributed by atoms with Crippen LogP contribution in [0.2, 0.25) is 0 Å². The zero-order chi connectivity index (χ0) is 29.9. The van der Waals surface area contributed by atoms with Crippen LogP contribution >= 0.6 is 0 Å². The fraction of sp³-hybridized carbons (Fsp3) is 1.00. The van der Waals surface area contributed by atoms with Gasteiger partial charge >= 0.3 is 0 Å². The van der Waals surface area contributed by atoms with Gasteiger partial charge in [0.1, 0.15) is 0 Å². The van der Waals surface area contributed by atoms with Crippen molar-refractivity contribution in [1.29, 1.82) is 0 Å². The van der Waals surface area contributed by atoms with Crippen molar-refractivity contribution < 1.29 is 0 Å². The van der Waals surface area contributed by atoms with Gasteiger partial charge in [-0.25, -0.2) is 0 Å². The molecule has 0 spiro atoms. The van der Waals surface area contributed by atoms with Crippen molar-refractivity contribution in [3.63, 3.8) is 0 Å². The molecule has 3 fully saturated rings. The highest BCUT2D eigenvalue weighted by molar-refractivity contribution is 4.87. The predicted octanol–water partition coefficient (Wildman–Crippen LogP) is 14.6. The molecule has 1 heteroatoms. The average molecular weight is 600 g/mol. The molecule has 3 saturated carbocycles. The summed E-state index contributed by atoms with van der Waals surface area (Å²) in [6.07, 6.45) is 58.5. The van der Waals surface area contributed by atoms with Gasteiger partial charge < -0.3 is 0 Å². The van der Waals surface area contributed by atoms with Crippen LogP contribution in [0.3, 0.4) is 0 Å². The lowest BCUT2D eigenvalue weighted by Crippen LogP contribution is -2.50. The Labute approximate surface area is 272 Å². The molecule has 3 aliphatic rings. The topological polar surface area (TPSA) is 3.24 Å². The van der Waals surface area contributed by atoms with Crippen molar-refractivity contribution in [2.24, 2.45) is 0 Å². The van der Waals surface area contributed by atoms with Crippen LogP contribution in [0.5, 0.6) is 0 Å². The van der Waals surface area contributed by atoms with Gasteiger partial charge in [0.25, 0.3) is 0 Å². The molecule has 3 rings (SSSR count). The number of rotatable bonds is 3. The summed E-state index contributed by atoms with van der Waals surface area (Å²) in [4.78, 5) is 3.35. The first kappa shape index (κ1) is 37.4. The smallest absolute Gasteiger partial charge is 0.0101 e. The molecule has 0 amide bonds. The lowest BCUT2D eigenvalue weighted by Gasteiger charge is -2.45. The van der Waals surface area contributed by atoms with E-state index in [1.165, 1.54) is 250 Å². The van der Waals surface area contributed by atoms with Gasteiger partial charge in [0.15, 0.2) is 0 Å². The van der Waals surface area contributed by atoms with Crippen LogP contribution < -0.4 is 0 Å². The first-order chi connectivity index (χ1) is 21.4. The van der Waals surface area contributed by atoms with E-state index in [0.29, 0.717) is 0 Å². The van der Waals surface area contributed by atoms with E-state index in [2.05, 4.69) is 4.90 Å². The van der Waals surface area contributed by atoms with Gasteiger partial charge in [-0.2, -0.15) is 0 Å². The standard InChI is InChI=1S/C42H81N/c1-4-10-16-22-28-34-40(35-29-23-17-11-5-1)43(41-36-30-24-18-12-6-2-7-13-19-25-31-37-41)42-38-32-26-20-14-8-3-9-15-21-27-33-39-42/h40-42H,1-39H2. The van der Waals surface area contributed by atoms with Crippen LogP contribution in [-0.4, -0.2) is 23.0 Å². The zero-order valence-electron chi connectivity index (χ0n) is 29.8. The van der Waals surface area contributed by atoms with Gasteiger partial charge in [-0.15, -0.1) is 0 Å². The molecule has 0 unspecified atom stereocenters. The Bertz CT molecular complexity index is 463. The maximum Gasteiger partial charge on any atom is 0.0101 e. The first-order valence-electron chi connectivity index (χ1n) is 21.2. The Morgan fingerprint density at radius 3 is 0.419 bits per heavy atom. The molecule has 3 aliphatic carbocycles. The van der Waals surface area contributed by atoms with E-state index in [1.807, 2.05) is 0 Å². The highest BCUT2D eigenvalue weighted by atomic mass is 15.2. The summed E-state index contributed by atoms with van der Waals surface area (Å²) in [7, 11) is 0. The minimum atomic E-state index is 0.871. The fourth-order valence-corrected chi connectivity index (χ4v) is 9.27. The van der Waals surface area contributed by atoms with E-state index in [1.54, 1.807) is 0 Å². The highest BCUT2D eigenvalue weighted by Crippen LogP contribution is 2.33. The Morgan fingerprint density at radius 1 is 0.163 bits per heavy atom. The molecular formula is C42H81N. The zero-order valence-corrected chi connectivity index (χ0v) is 29.8. The molecule has 0 N–H and O–H groups in total. The minimum absolute atomic E-state index is 0.871. The summed E-state index contributed by atoms with van der Waals surface area (Å²) >= 11 is 0. The van der Waals surface area contributed by atoms with Gasteiger partial charge in [0, 0.05) is 18.1 Å². The van der Waals surface area contributed by atoms with E-state index in [0.717, 1.165) is 18.1 Å². The second kappa shape index (κ2) is 27.1. The van der Waals surface area contributed by atoms with E-state index in [9.17, 15) is 0 Å². The van der Waals surface area contributed by atoms with Crippen LogP contribution in [0.25, 0.3) is 0 Å². The lowest BCUT2D eigenvalue weighted by molar-refractivity contribution is 0.0405. The summed E-state index contributed by atoms with van der Waals surface area (Å²) in [6.45, 7) is 0. The molecule has 0 aromatic heterocycles. The quantitative estimate of drug-likeness (QED) is 0.312. The van der Waals surface area contributed by atoms with Crippen LogP contribution in [0.1, 0.15) is 250 Å². The van der Waals surface area contributed by atoms with Crippen LogP contribution in [-0.2, 0) is 0 Å². The second-order valence-corrected chi connectivity index (χ2v) is 15.8. The molecule has 43 heavy (non-hydrogen) atoms. The summed E-state index contributed by atoms with van der Waals surface area (Å²) in [6, 6.07) is 2.61. The van der Waals surface area contributed by atoms with Gasteiger partial charge in [-0.3, -0.25) is 4.90 Å². The molecular weight excluding hydrogens is 518 g/mol. The molecule has 0 saturated heterocycles. The van der Waals surface area contributed by atoms with Gasteiger partial charge in [0.05, 0.1) is 0 Å². The normalized spacial score (nSPS) is 26.2. The number of nitrogens with zero attached hydrogens (tertiary/aromatic N) is 1. The Balaban J connectivity index is 1.78. The van der Waals surface area contributed by atoms with Crippen molar-refractivity contribution in [2.45, 2.75) is 269 Å². The largest absolute Gasteiger partial charge is 0.294 e. The maximum atomic E-state index is 3.35. The fourth-order valence-electron chi connectivity index (χ4n) is 9.27. The maximum absolute atomic E-state index is 3.35. The first-order valence-corrected chi connectivity index (χ1v) is 21.2. The predicted molar refractivity (Wildman–Crippen MR) is 193 cm³/mol. The van der Waals surface area contributed by atoms with Crippen molar-refractivity contribution in [2.75, 3.05) is 0 Å². The second-order valence-electron chi connectivity index (χ2n) is 15.8. The summed E-state index contributed by atoms with van der Waals surface area (Å²) in [5.74, 6) is 0. The molecule has 0 aliphatic heterocycles. The third kappa shape index (κ3) is 18.6. The SMILES string of the molecule is C1CCCCCCC(N(C2CCCCCCCCCCCCC2)C2CCCCCCCCCCCCC2)CCCCCC1. The summed E-state index contributed by atoms with van der Waals surface area (Å²) < 4.78 is 0. The molecule has 0 aromatic carbocycles. The molecule has 0 radical (unpaired) electrons. The number of hydrogen-bond acceptors (Lipinski definition) is 1. The third-order valence-electron chi connectivity index (χ3n) is 12.0. The van der Waals surface area contributed by atoms with Crippen LogP contribution in [0.4, 0.5) is 0 Å². The van der Waals surface area contributed by atoms with Crippen molar-refractivity contribution >= 4 is 0 Å². The van der Waals surface area contributed by atoms with E-state index in [-0.39, 0.29) is 0 Å². The number of hydrogen-bond donors (Lipinski definition) is 0. The Hall–Kier alpha value is -0.0400. The molecule has 0 atom stereocenters.